The van der Waals surface area contributed by atoms with E-state index in [0.29, 0.717) is 25.1 Å². The van der Waals surface area contributed by atoms with E-state index in [1.807, 2.05) is 53.8 Å². The van der Waals surface area contributed by atoms with Gasteiger partial charge in [-0.3, -0.25) is 14.3 Å². The van der Waals surface area contributed by atoms with Crippen molar-refractivity contribution in [3.63, 3.8) is 0 Å². The normalized spacial score (nSPS) is 17.1. The van der Waals surface area contributed by atoms with Crippen molar-refractivity contribution in [1.29, 1.82) is 0 Å². The number of carboxylic acid groups (broad SMARTS) is 1. The van der Waals surface area contributed by atoms with Crippen LogP contribution in [0.15, 0.2) is 30.3 Å². The Morgan fingerprint density at radius 3 is 2.74 bits per heavy atom. The molecule has 6 heteroatoms. The number of rotatable bonds is 6. The minimum Gasteiger partial charge on any atom is -0.481 e. The number of hydrogen-bond donors (Lipinski definition) is 1. The first-order valence-corrected chi connectivity index (χ1v) is 9.57. The molecule has 1 fully saturated rings. The van der Waals surface area contributed by atoms with E-state index in [-0.39, 0.29) is 18.4 Å². The van der Waals surface area contributed by atoms with Gasteiger partial charge in [0.25, 0.3) is 5.91 Å². The zero-order chi connectivity index (χ0) is 19.4. The van der Waals surface area contributed by atoms with E-state index < -0.39 is 5.97 Å². The highest BCUT2D eigenvalue weighted by atomic mass is 16.4. The number of aliphatic carboxylic acids is 1. The van der Waals surface area contributed by atoms with E-state index in [0.717, 1.165) is 36.2 Å². The molecule has 3 rings (SSSR count). The first-order valence-electron chi connectivity index (χ1n) is 9.57. The number of piperidine rings is 1. The predicted molar refractivity (Wildman–Crippen MR) is 103 cm³/mol. The summed E-state index contributed by atoms with van der Waals surface area (Å²) in [6.07, 6.45) is 3.52. The molecule has 1 aromatic heterocycles. The summed E-state index contributed by atoms with van der Waals surface area (Å²) in [4.78, 5) is 25.9. The van der Waals surface area contributed by atoms with Crippen molar-refractivity contribution in [3.8, 4) is 0 Å². The van der Waals surface area contributed by atoms with E-state index in [1.165, 1.54) is 0 Å². The molecular weight excluding hydrogens is 342 g/mol. The fraction of sp³-hybridized carbons (Fsp3) is 0.476. The largest absolute Gasteiger partial charge is 0.481 e. The highest BCUT2D eigenvalue weighted by molar-refractivity contribution is 5.94. The molecule has 0 bridgehead atoms. The van der Waals surface area contributed by atoms with Crippen molar-refractivity contribution in [1.82, 2.24) is 14.7 Å². The molecule has 1 saturated heterocycles. The Kier molecular flexibility index (Phi) is 5.94. The maximum absolute atomic E-state index is 13.1. The molecule has 1 amide bonds. The SMILES string of the molecule is Cc1cc(C)n(Cc2cccc(C(=O)N3CCCC[C@H]3CCC(=O)O)c2)n1. The Hall–Kier alpha value is -2.63. The van der Waals surface area contributed by atoms with Crippen LogP contribution < -0.4 is 0 Å². The summed E-state index contributed by atoms with van der Waals surface area (Å²) in [6, 6.07) is 9.74. The molecule has 27 heavy (non-hydrogen) atoms. The molecule has 1 N–H and O–H groups in total. The standard InChI is InChI=1S/C21H27N3O3/c1-15-12-16(2)24(22-15)14-17-6-5-7-18(13-17)21(27)23-11-4-3-8-19(23)9-10-20(25)26/h5-7,12-13,19H,3-4,8-11,14H2,1-2H3,(H,25,26)/t19-/m0/s1. The van der Waals surface area contributed by atoms with E-state index in [4.69, 9.17) is 5.11 Å². The van der Waals surface area contributed by atoms with Crippen molar-refractivity contribution < 1.29 is 14.7 Å². The quantitative estimate of drug-likeness (QED) is 0.847. The molecule has 0 saturated carbocycles. The summed E-state index contributed by atoms with van der Waals surface area (Å²) in [6.45, 7) is 5.32. The lowest BCUT2D eigenvalue weighted by Gasteiger charge is -2.35. The molecule has 1 atom stereocenters. The number of carbonyl (C=O) groups is 2. The summed E-state index contributed by atoms with van der Waals surface area (Å²) < 4.78 is 1.94. The smallest absolute Gasteiger partial charge is 0.303 e. The zero-order valence-corrected chi connectivity index (χ0v) is 16.0. The number of hydrogen-bond acceptors (Lipinski definition) is 3. The van der Waals surface area contributed by atoms with Gasteiger partial charge in [0.15, 0.2) is 0 Å². The second-order valence-corrected chi connectivity index (χ2v) is 7.37. The molecule has 2 heterocycles. The van der Waals surface area contributed by atoms with E-state index >= 15 is 0 Å². The fourth-order valence-corrected chi connectivity index (χ4v) is 3.83. The van der Waals surface area contributed by atoms with E-state index in [9.17, 15) is 9.59 Å². The fourth-order valence-electron chi connectivity index (χ4n) is 3.83. The maximum Gasteiger partial charge on any atom is 0.303 e. The van der Waals surface area contributed by atoms with E-state index in [1.54, 1.807) is 0 Å². The Bertz CT molecular complexity index is 828. The highest BCUT2D eigenvalue weighted by Crippen LogP contribution is 2.23. The van der Waals surface area contributed by atoms with Gasteiger partial charge in [-0.2, -0.15) is 5.10 Å². The van der Waals surface area contributed by atoms with Gasteiger partial charge in [-0.15, -0.1) is 0 Å². The zero-order valence-electron chi connectivity index (χ0n) is 16.0. The van der Waals surface area contributed by atoms with Gasteiger partial charge in [0.05, 0.1) is 12.2 Å². The number of carboxylic acids is 1. The second-order valence-electron chi connectivity index (χ2n) is 7.37. The van der Waals surface area contributed by atoms with Gasteiger partial charge in [0.2, 0.25) is 0 Å². The Morgan fingerprint density at radius 2 is 2.04 bits per heavy atom. The summed E-state index contributed by atoms with van der Waals surface area (Å²) in [5.74, 6) is -0.805. The summed E-state index contributed by atoms with van der Waals surface area (Å²) in [7, 11) is 0. The molecule has 1 aliphatic rings. The van der Waals surface area contributed by atoms with E-state index in [2.05, 4.69) is 5.10 Å². The van der Waals surface area contributed by atoms with Gasteiger partial charge in [0, 0.05) is 30.3 Å². The average molecular weight is 369 g/mol. The maximum atomic E-state index is 13.1. The lowest BCUT2D eigenvalue weighted by atomic mass is 9.96. The number of aryl methyl sites for hydroxylation is 2. The van der Waals surface area contributed by atoms with Crippen molar-refractivity contribution in [2.45, 2.75) is 58.5 Å². The molecule has 6 nitrogen and oxygen atoms in total. The monoisotopic (exact) mass is 369 g/mol. The van der Waals surface area contributed by atoms with Gasteiger partial charge >= 0.3 is 5.97 Å². The van der Waals surface area contributed by atoms with Gasteiger partial charge in [-0.25, -0.2) is 0 Å². The number of aromatic nitrogens is 2. The summed E-state index contributed by atoms with van der Waals surface area (Å²) >= 11 is 0. The molecule has 144 valence electrons. The number of benzene rings is 1. The first-order chi connectivity index (χ1) is 12.9. The van der Waals surface area contributed by atoms with Crippen LogP contribution in [-0.2, 0) is 11.3 Å². The van der Waals surface area contributed by atoms with Crippen LogP contribution in [0, 0.1) is 13.8 Å². The van der Waals surface area contributed by atoms with Crippen LogP contribution in [0.2, 0.25) is 0 Å². The lowest BCUT2D eigenvalue weighted by molar-refractivity contribution is -0.137. The van der Waals surface area contributed by atoms with Crippen molar-refractivity contribution in [3.05, 3.63) is 52.8 Å². The van der Waals surface area contributed by atoms with Crippen LogP contribution >= 0.6 is 0 Å². The highest BCUT2D eigenvalue weighted by Gasteiger charge is 2.27. The van der Waals surface area contributed by atoms with Crippen LogP contribution in [0.3, 0.4) is 0 Å². The minimum atomic E-state index is -0.806. The van der Waals surface area contributed by atoms with Crippen molar-refractivity contribution in [2.24, 2.45) is 0 Å². The number of likely N-dealkylation sites (tertiary alicyclic amines) is 1. The molecule has 0 aliphatic carbocycles. The Labute approximate surface area is 159 Å². The summed E-state index contributed by atoms with van der Waals surface area (Å²) in [5.41, 5.74) is 3.77. The third-order valence-electron chi connectivity index (χ3n) is 5.19. The van der Waals surface area contributed by atoms with Crippen LogP contribution in [0.25, 0.3) is 0 Å². The third kappa shape index (κ3) is 4.76. The number of nitrogens with zero attached hydrogens (tertiary/aromatic N) is 3. The van der Waals surface area contributed by atoms with Crippen LogP contribution in [-0.4, -0.2) is 44.3 Å². The van der Waals surface area contributed by atoms with Gasteiger partial charge in [0.1, 0.15) is 0 Å². The minimum absolute atomic E-state index is 0.000284. The van der Waals surface area contributed by atoms with Gasteiger partial charge in [-0.05, 0) is 63.3 Å². The molecule has 1 aromatic carbocycles. The topological polar surface area (TPSA) is 75.4 Å². The Balaban J connectivity index is 1.75. The van der Waals surface area contributed by atoms with Crippen LogP contribution in [0.5, 0.6) is 0 Å². The molecule has 0 radical (unpaired) electrons. The predicted octanol–water partition coefficient (Wildman–Crippen LogP) is 3.41. The van der Waals surface area contributed by atoms with Crippen molar-refractivity contribution >= 4 is 11.9 Å². The number of amides is 1. The van der Waals surface area contributed by atoms with Crippen LogP contribution in [0.1, 0.15) is 59.4 Å². The molecule has 0 spiro atoms. The third-order valence-corrected chi connectivity index (χ3v) is 5.19. The second kappa shape index (κ2) is 8.37. The Morgan fingerprint density at radius 1 is 1.22 bits per heavy atom. The van der Waals surface area contributed by atoms with Crippen molar-refractivity contribution in [2.75, 3.05) is 6.54 Å². The first kappa shape index (κ1) is 19.1. The van der Waals surface area contributed by atoms with Gasteiger partial charge < -0.3 is 10.0 Å². The lowest BCUT2D eigenvalue weighted by Crippen LogP contribution is -2.44. The molecule has 1 aliphatic heterocycles. The number of carbonyl (C=O) groups excluding carboxylic acids is 1. The molecular formula is C21H27N3O3. The average Bonchev–Trinajstić information content (AvgIpc) is 2.96. The molecule has 0 unspecified atom stereocenters. The molecule has 2 aromatic rings. The van der Waals surface area contributed by atoms with Gasteiger partial charge in [-0.1, -0.05) is 12.1 Å². The van der Waals surface area contributed by atoms with Crippen LogP contribution in [0.4, 0.5) is 0 Å². The summed E-state index contributed by atoms with van der Waals surface area (Å²) in [5, 5.41) is 13.5.